The summed E-state index contributed by atoms with van der Waals surface area (Å²) in [5.41, 5.74) is 0. The summed E-state index contributed by atoms with van der Waals surface area (Å²) in [7, 11) is 0. The minimum Gasteiger partial charge on any atom is -0.389 e. The molecule has 1 saturated heterocycles. The zero-order valence-corrected chi connectivity index (χ0v) is 15.2. The molecule has 6 nitrogen and oxygen atoms in total. The fourth-order valence-electron chi connectivity index (χ4n) is 3.90. The van der Waals surface area contributed by atoms with Gasteiger partial charge in [-0.3, -0.25) is 4.90 Å². The van der Waals surface area contributed by atoms with E-state index in [2.05, 4.69) is 19.7 Å². The van der Waals surface area contributed by atoms with Crippen LogP contribution in [0.2, 0.25) is 0 Å². The summed E-state index contributed by atoms with van der Waals surface area (Å²) in [4.78, 5) is 2.36. The fourth-order valence-corrected chi connectivity index (χ4v) is 3.90. The zero-order valence-electron chi connectivity index (χ0n) is 15.2. The largest absolute Gasteiger partial charge is 0.389 e. The molecule has 6 heteroatoms. The first kappa shape index (κ1) is 17.8. The van der Waals surface area contributed by atoms with Gasteiger partial charge in [-0.1, -0.05) is 6.42 Å². The first-order chi connectivity index (χ1) is 11.6. The van der Waals surface area contributed by atoms with Gasteiger partial charge >= 0.3 is 0 Å². The summed E-state index contributed by atoms with van der Waals surface area (Å²) in [6, 6.07) is 0. The number of ether oxygens (including phenoxy) is 1. The smallest absolute Gasteiger partial charge is 0.137 e. The maximum absolute atomic E-state index is 10.2. The predicted octanol–water partition coefficient (Wildman–Crippen LogP) is 1.97. The van der Waals surface area contributed by atoms with Crippen LogP contribution >= 0.6 is 0 Å². The van der Waals surface area contributed by atoms with Crippen LogP contribution in [-0.2, 0) is 17.7 Å². The van der Waals surface area contributed by atoms with Gasteiger partial charge in [0.2, 0.25) is 0 Å². The Kier molecular flexibility index (Phi) is 6.25. The van der Waals surface area contributed by atoms with E-state index in [1.807, 2.05) is 13.8 Å². The van der Waals surface area contributed by atoms with E-state index in [9.17, 15) is 5.11 Å². The van der Waals surface area contributed by atoms with E-state index in [0.717, 1.165) is 32.5 Å². The van der Waals surface area contributed by atoms with E-state index in [-0.39, 0.29) is 6.10 Å². The highest BCUT2D eigenvalue weighted by Gasteiger charge is 2.28. The van der Waals surface area contributed by atoms with Gasteiger partial charge in [-0.15, -0.1) is 10.2 Å². The van der Waals surface area contributed by atoms with E-state index in [4.69, 9.17) is 4.74 Å². The van der Waals surface area contributed by atoms with Gasteiger partial charge < -0.3 is 14.4 Å². The number of rotatable bonds is 6. The summed E-state index contributed by atoms with van der Waals surface area (Å²) in [6.07, 6.45) is 6.91. The SMILES string of the molecule is CC(C)OCC(O)CN1CCCC(c2nnc3n2CCCCC3)C1. The first-order valence-electron chi connectivity index (χ1n) is 9.57. The minimum absolute atomic E-state index is 0.167. The van der Waals surface area contributed by atoms with Crippen LogP contribution in [0.1, 0.15) is 63.5 Å². The van der Waals surface area contributed by atoms with Crippen molar-refractivity contribution in [2.75, 3.05) is 26.2 Å². The number of fused-ring (bicyclic) bond motifs is 1. The Bertz CT molecular complexity index is 517. The average Bonchev–Trinajstić information content (AvgIpc) is 2.82. The Morgan fingerprint density at radius 3 is 2.88 bits per heavy atom. The molecular formula is C18H32N4O2. The molecule has 0 bridgehead atoms. The maximum atomic E-state index is 10.2. The highest BCUT2D eigenvalue weighted by Crippen LogP contribution is 2.28. The molecule has 24 heavy (non-hydrogen) atoms. The van der Waals surface area contributed by atoms with Gasteiger partial charge in [0.1, 0.15) is 11.6 Å². The quantitative estimate of drug-likeness (QED) is 0.860. The standard InChI is InChI=1S/C18H32N4O2/c1-14(2)24-13-16(23)12-21-9-6-7-15(11-21)18-20-19-17-8-4-3-5-10-22(17)18/h14-16,23H,3-13H2,1-2H3. The van der Waals surface area contributed by atoms with Crippen molar-refractivity contribution >= 4 is 0 Å². The van der Waals surface area contributed by atoms with E-state index in [1.54, 1.807) is 0 Å². The molecule has 3 rings (SSSR count). The van der Waals surface area contributed by atoms with Gasteiger partial charge in [0, 0.05) is 32.0 Å². The second kappa shape index (κ2) is 8.41. The summed E-state index contributed by atoms with van der Waals surface area (Å²) < 4.78 is 7.90. The number of hydrogen-bond donors (Lipinski definition) is 1. The van der Waals surface area contributed by atoms with Gasteiger partial charge in [-0.25, -0.2) is 0 Å². The Morgan fingerprint density at radius 2 is 2.04 bits per heavy atom. The van der Waals surface area contributed by atoms with Crippen LogP contribution in [0.3, 0.4) is 0 Å². The van der Waals surface area contributed by atoms with E-state index in [1.165, 1.54) is 37.3 Å². The van der Waals surface area contributed by atoms with Crippen molar-refractivity contribution in [2.45, 2.75) is 77.0 Å². The van der Waals surface area contributed by atoms with Gasteiger partial charge in [-0.2, -0.15) is 0 Å². The molecule has 1 fully saturated rings. The number of aliphatic hydroxyl groups is 1. The number of aromatic nitrogens is 3. The molecule has 1 aromatic rings. The summed E-state index contributed by atoms with van der Waals surface area (Å²) in [5, 5.41) is 19.2. The summed E-state index contributed by atoms with van der Waals surface area (Å²) in [5.74, 6) is 2.78. The van der Waals surface area contributed by atoms with Gasteiger partial charge in [0.15, 0.2) is 0 Å². The predicted molar refractivity (Wildman–Crippen MR) is 93.1 cm³/mol. The van der Waals surface area contributed by atoms with Crippen LogP contribution < -0.4 is 0 Å². The van der Waals surface area contributed by atoms with Crippen LogP contribution in [0.15, 0.2) is 0 Å². The van der Waals surface area contributed by atoms with Crippen LogP contribution in [-0.4, -0.2) is 63.2 Å². The lowest BCUT2D eigenvalue weighted by Crippen LogP contribution is -2.41. The average molecular weight is 336 g/mol. The van der Waals surface area contributed by atoms with Crippen molar-refractivity contribution in [1.29, 1.82) is 0 Å². The number of piperidine rings is 1. The number of β-amino-alcohol motifs (C(OH)–C–C–N with tert-alkyl or cyclic N) is 1. The third-order valence-corrected chi connectivity index (χ3v) is 5.10. The molecule has 0 aliphatic carbocycles. The minimum atomic E-state index is -0.415. The molecule has 2 atom stereocenters. The summed E-state index contributed by atoms with van der Waals surface area (Å²) in [6.45, 7) is 8.19. The lowest BCUT2D eigenvalue weighted by atomic mass is 9.96. The molecule has 2 aliphatic heterocycles. The molecule has 1 N–H and O–H groups in total. The van der Waals surface area contributed by atoms with Crippen molar-refractivity contribution < 1.29 is 9.84 Å². The maximum Gasteiger partial charge on any atom is 0.137 e. The number of aliphatic hydroxyl groups excluding tert-OH is 1. The Morgan fingerprint density at radius 1 is 1.17 bits per heavy atom. The van der Waals surface area contributed by atoms with E-state index in [0.29, 0.717) is 19.1 Å². The molecule has 0 saturated carbocycles. The van der Waals surface area contributed by atoms with Crippen molar-refractivity contribution in [1.82, 2.24) is 19.7 Å². The van der Waals surface area contributed by atoms with Crippen molar-refractivity contribution in [3.63, 3.8) is 0 Å². The molecule has 0 spiro atoms. The third kappa shape index (κ3) is 4.55. The lowest BCUT2D eigenvalue weighted by Gasteiger charge is -2.33. The Labute approximate surface area is 145 Å². The van der Waals surface area contributed by atoms with E-state index < -0.39 is 6.10 Å². The molecule has 0 radical (unpaired) electrons. The first-order valence-corrected chi connectivity index (χ1v) is 9.57. The molecule has 3 heterocycles. The van der Waals surface area contributed by atoms with Crippen LogP contribution in [0.25, 0.3) is 0 Å². The molecule has 2 unspecified atom stereocenters. The number of nitrogens with zero attached hydrogens (tertiary/aromatic N) is 4. The number of aryl methyl sites for hydroxylation is 1. The second-order valence-electron chi connectivity index (χ2n) is 7.57. The Hall–Kier alpha value is -0.980. The van der Waals surface area contributed by atoms with Crippen LogP contribution in [0, 0.1) is 0 Å². The molecule has 1 aromatic heterocycles. The summed E-state index contributed by atoms with van der Waals surface area (Å²) >= 11 is 0. The van der Waals surface area contributed by atoms with Gasteiger partial charge in [-0.05, 0) is 46.1 Å². The zero-order chi connectivity index (χ0) is 16.9. The molecule has 2 aliphatic rings. The van der Waals surface area contributed by atoms with Crippen LogP contribution in [0.5, 0.6) is 0 Å². The number of hydrogen-bond acceptors (Lipinski definition) is 5. The third-order valence-electron chi connectivity index (χ3n) is 5.10. The van der Waals surface area contributed by atoms with Crippen molar-refractivity contribution in [3.05, 3.63) is 11.6 Å². The molecule has 136 valence electrons. The highest BCUT2D eigenvalue weighted by molar-refractivity contribution is 5.05. The topological polar surface area (TPSA) is 63.4 Å². The van der Waals surface area contributed by atoms with Gasteiger partial charge in [0.05, 0.1) is 18.8 Å². The van der Waals surface area contributed by atoms with Crippen molar-refractivity contribution in [3.8, 4) is 0 Å². The van der Waals surface area contributed by atoms with Crippen molar-refractivity contribution in [2.24, 2.45) is 0 Å². The van der Waals surface area contributed by atoms with Crippen LogP contribution in [0.4, 0.5) is 0 Å². The normalized spacial score (nSPS) is 23.9. The molecule has 0 aromatic carbocycles. The lowest BCUT2D eigenvalue weighted by molar-refractivity contribution is -0.0117. The molecular weight excluding hydrogens is 304 g/mol. The number of likely N-dealkylation sites (tertiary alicyclic amines) is 1. The Balaban J connectivity index is 1.58. The fraction of sp³-hybridized carbons (Fsp3) is 0.889. The monoisotopic (exact) mass is 336 g/mol. The second-order valence-corrected chi connectivity index (χ2v) is 7.57. The molecule has 0 amide bonds. The van der Waals surface area contributed by atoms with Gasteiger partial charge in [0.25, 0.3) is 0 Å². The highest BCUT2D eigenvalue weighted by atomic mass is 16.5. The van der Waals surface area contributed by atoms with E-state index >= 15 is 0 Å².